The average Bonchev–Trinajstić information content (AvgIpc) is 3.45. The van der Waals surface area contributed by atoms with Crippen LogP contribution in [0.15, 0.2) is 53.4 Å². The van der Waals surface area contributed by atoms with Gasteiger partial charge in [0.1, 0.15) is 0 Å². The molecule has 0 N–H and O–H groups in total. The first kappa shape index (κ1) is 21.9. The number of rotatable bonds is 8. The van der Waals surface area contributed by atoms with E-state index < -0.39 is 9.84 Å². The Morgan fingerprint density at radius 2 is 2.03 bits per heavy atom. The summed E-state index contributed by atoms with van der Waals surface area (Å²) in [6.07, 6.45) is 2.64. The highest BCUT2D eigenvalue weighted by Crippen LogP contribution is 2.31. The Bertz CT molecular complexity index is 1150. The standard InChI is InChI=1S/C23H26N2O4S2/c1-2-17-10-11-20-21(15-17)30-23(24-20)25(16-18-7-6-13-29-18)22(26)12-14-31(27,28)19-8-4-3-5-9-19/h3-5,8-11,15,18H,2,6-7,12-14,16H2,1H3. The first-order valence-electron chi connectivity index (χ1n) is 10.6. The third-order valence-corrected chi connectivity index (χ3v) is 8.25. The van der Waals surface area contributed by atoms with Gasteiger partial charge in [0.15, 0.2) is 15.0 Å². The molecule has 1 fully saturated rings. The monoisotopic (exact) mass is 458 g/mol. The minimum atomic E-state index is -3.53. The van der Waals surface area contributed by atoms with Crippen molar-refractivity contribution in [2.75, 3.05) is 23.8 Å². The fourth-order valence-corrected chi connectivity index (χ4v) is 5.98. The van der Waals surface area contributed by atoms with Gasteiger partial charge in [0, 0.05) is 13.0 Å². The number of fused-ring (bicyclic) bond motifs is 1. The zero-order valence-electron chi connectivity index (χ0n) is 17.5. The van der Waals surface area contributed by atoms with Crippen LogP contribution < -0.4 is 4.90 Å². The molecule has 0 bridgehead atoms. The van der Waals surface area contributed by atoms with Crippen molar-refractivity contribution in [3.63, 3.8) is 0 Å². The van der Waals surface area contributed by atoms with Crippen LogP contribution in [0.1, 0.15) is 31.7 Å². The average molecular weight is 459 g/mol. The highest BCUT2D eigenvalue weighted by atomic mass is 32.2. The molecule has 164 valence electrons. The van der Waals surface area contributed by atoms with Crippen molar-refractivity contribution in [1.29, 1.82) is 0 Å². The number of nitrogens with zero attached hydrogens (tertiary/aromatic N) is 2. The number of benzene rings is 2. The van der Waals surface area contributed by atoms with E-state index in [0.717, 1.165) is 29.5 Å². The van der Waals surface area contributed by atoms with E-state index in [2.05, 4.69) is 18.0 Å². The first-order chi connectivity index (χ1) is 15.0. The summed E-state index contributed by atoms with van der Waals surface area (Å²) in [5.41, 5.74) is 2.06. The highest BCUT2D eigenvalue weighted by molar-refractivity contribution is 7.91. The second-order valence-electron chi connectivity index (χ2n) is 7.67. The largest absolute Gasteiger partial charge is 0.376 e. The molecular weight excluding hydrogens is 432 g/mol. The SMILES string of the molecule is CCc1ccc2nc(N(CC3CCCO3)C(=O)CCS(=O)(=O)c3ccccc3)sc2c1. The van der Waals surface area contributed by atoms with Crippen molar-refractivity contribution in [2.24, 2.45) is 0 Å². The van der Waals surface area contributed by atoms with Gasteiger partial charge in [-0.25, -0.2) is 13.4 Å². The Kier molecular flexibility index (Phi) is 6.69. The van der Waals surface area contributed by atoms with E-state index in [1.807, 2.05) is 12.1 Å². The number of aryl methyl sites for hydroxylation is 1. The fraction of sp³-hybridized carbons (Fsp3) is 0.391. The van der Waals surface area contributed by atoms with Crippen LogP contribution in [-0.2, 0) is 25.8 Å². The molecule has 1 atom stereocenters. The molecule has 6 nitrogen and oxygen atoms in total. The number of carbonyl (C=O) groups excluding carboxylic acids is 1. The Morgan fingerprint density at radius 1 is 1.23 bits per heavy atom. The molecule has 2 heterocycles. The molecule has 1 aliphatic heterocycles. The summed E-state index contributed by atoms with van der Waals surface area (Å²) in [5.74, 6) is -0.479. The van der Waals surface area contributed by atoms with E-state index in [1.165, 1.54) is 16.9 Å². The van der Waals surface area contributed by atoms with E-state index >= 15 is 0 Å². The topological polar surface area (TPSA) is 76.6 Å². The van der Waals surface area contributed by atoms with Crippen LogP contribution in [0.25, 0.3) is 10.2 Å². The van der Waals surface area contributed by atoms with Crippen LogP contribution in [0.3, 0.4) is 0 Å². The van der Waals surface area contributed by atoms with Crippen molar-refractivity contribution >= 4 is 42.4 Å². The van der Waals surface area contributed by atoms with Crippen LogP contribution in [0.5, 0.6) is 0 Å². The second-order valence-corrected chi connectivity index (χ2v) is 10.8. The van der Waals surface area contributed by atoms with Gasteiger partial charge in [0.2, 0.25) is 5.91 Å². The summed E-state index contributed by atoms with van der Waals surface area (Å²) < 4.78 is 32.1. The number of thiazole rings is 1. The number of hydrogen-bond acceptors (Lipinski definition) is 6. The minimum absolute atomic E-state index is 0.0482. The van der Waals surface area contributed by atoms with E-state index in [-0.39, 0.29) is 29.1 Å². The fourth-order valence-electron chi connectivity index (χ4n) is 3.67. The summed E-state index contributed by atoms with van der Waals surface area (Å²) in [4.78, 5) is 19.7. The lowest BCUT2D eigenvalue weighted by atomic mass is 10.2. The maximum absolute atomic E-state index is 13.2. The van der Waals surface area contributed by atoms with E-state index in [4.69, 9.17) is 4.74 Å². The van der Waals surface area contributed by atoms with Gasteiger partial charge in [-0.15, -0.1) is 0 Å². The van der Waals surface area contributed by atoms with Crippen LogP contribution in [0.2, 0.25) is 0 Å². The molecule has 0 saturated carbocycles. The minimum Gasteiger partial charge on any atom is -0.376 e. The second kappa shape index (κ2) is 9.46. The highest BCUT2D eigenvalue weighted by Gasteiger charge is 2.27. The van der Waals surface area contributed by atoms with E-state index in [1.54, 1.807) is 35.2 Å². The smallest absolute Gasteiger partial charge is 0.229 e. The lowest BCUT2D eigenvalue weighted by molar-refractivity contribution is -0.118. The lowest BCUT2D eigenvalue weighted by Gasteiger charge is -2.23. The quantitative estimate of drug-likeness (QED) is 0.505. The molecule has 0 spiro atoms. The van der Waals surface area contributed by atoms with Crippen molar-refractivity contribution in [2.45, 2.75) is 43.6 Å². The number of hydrogen-bond donors (Lipinski definition) is 0. The van der Waals surface area contributed by atoms with Crippen molar-refractivity contribution in [3.05, 3.63) is 54.1 Å². The number of carbonyl (C=O) groups is 1. The normalized spacial score (nSPS) is 16.6. The molecule has 1 aliphatic rings. The summed E-state index contributed by atoms with van der Waals surface area (Å²) >= 11 is 1.47. The summed E-state index contributed by atoms with van der Waals surface area (Å²) in [6, 6.07) is 14.4. The Hall–Kier alpha value is -2.29. The third-order valence-electron chi connectivity index (χ3n) is 5.48. The zero-order chi connectivity index (χ0) is 21.8. The van der Waals surface area contributed by atoms with Crippen molar-refractivity contribution in [3.8, 4) is 0 Å². The molecule has 3 aromatic rings. The maximum Gasteiger partial charge on any atom is 0.229 e. The predicted molar refractivity (Wildman–Crippen MR) is 123 cm³/mol. The zero-order valence-corrected chi connectivity index (χ0v) is 19.1. The molecule has 1 unspecified atom stereocenters. The lowest BCUT2D eigenvalue weighted by Crippen LogP contribution is -2.38. The maximum atomic E-state index is 13.2. The number of ether oxygens (including phenoxy) is 1. The van der Waals surface area contributed by atoms with Crippen LogP contribution in [-0.4, -0.2) is 44.3 Å². The number of anilines is 1. The summed E-state index contributed by atoms with van der Waals surface area (Å²) in [6.45, 7) is 3.18. The number of sulfone groups is 1. The Labute approximate surface area is 186 Å². The molecule has 0 radical (unpaired) electrons. The van der Waals surface area contributed by atoms with Crippen LogP contribution in [0.4, 0.5) is 5.13 Å². The van der Waals surface area contributed by atoms with Crippen LogP contribution in [0, 0.1) is 0 Å². The molecule has 1 aromatic heterocycles. The number of aromatic nitrogens is 1. The van der Waals surface area contributed by atoms with Gasteiger partial charge in [-0.3, -0.25) is 9.69 Å². The van der Waals surface area contributed by atoms with Gasteiger partial charge >= 0.3 is 0 Å². The van der Waals surface area contributed by atoms with Crippen molar-refractivity contribution < 1.29 is 17.9 Å². The van der Waals surface area contributed by atoms with Crippen molar-refractivity contribution in [1.82, 2.24) is 4.98 Å². The van der Waals surface area contributed by atoms with Gasteiger partial charge in [0.25, 0.3) is 0 Å². The van der Waals surface area contributed by atoms with E-state index in [0.29, 0.717) is 18.3 Å². The molecule has 1 saturated heterocycles. The van der Waals surface area contributed by atoms with Gasteiger partial charge in [-0.1, -0.05) is 42.5 Å². The van der Waals surface area contributed by atoms with Gasteiger partial charge < -0.3 is 4.74 Å². The number of amides is 1. The van der Waals surface area contributed by atoms with Crippen LogP contribution >= 0.6 is 11.3 Å². The van der Waals surface area contributed by atoms with Gasteiger partial charge in [0.05, 0.1) is 33.5 Å². The third kappa shape index (κ3) is 5.14. The first-order valence-corrected chi connectivity index (χ1v) is 13.0. The molecule has 31 heavy (non-hydrogen) atoms. The molecule has 0 aliphatic carbocycles. The Morgan fingerprint density at radius 3 is 2.74 bits per heavy atom. The molecule has 4 rings (SSSR count). The predicted octanol–water partition coefficient (Wildman–Crippen LogP) is 4.23. The summed E-state index contributed by atoms with van der Waals surface area (Å²) in [5, 5.41) is 0.598. The van der Waals surface area contributed by atoms with Gasteiger partial charge in [-0.05, 0) is 49.1 Å². The Balaban J connectivity index is 1.56. The molecular formula is C23H26N2O4S2. The molecule has 2 aromatic carbocycles. The summed E-state index contributed by atoms with van der Waals surface area (Å²) in [7, 11) is -3.53. The molecule has 1 amide bonds. The van der Waals surface area contributed by atoms with E-state index in [9.17, 15) is 13.2 Å². The van der Waals surface area contributed by atoms with Gasteiger partial charge in [-0.2, -0.15) is 0 Å². The molecule has 8 heteroatoms.